The number of hydrogen-bond donors (Lipinski definition) is 2. The summed E-state index contributed by atoms with van der Waals surface area (Å²) in [6.45, 7) is 0.660. The van der Waals surface area contributed by atoms with Crippen LogP contribution in [-0.4, -0.2) is 43.2 Å². The van der Waals surface area contributed by atoms with E-state index in [4.69, 9.17) is 5.11 Å². The minimum absolute atomic E-state index is 0.0285. The summed E-state index contributed by atoms with van der Waals surface area (Å²) in [7, 11) is 3.55. The Morgan fingerprint density at radius 2 is 2.24 bits per heavy atom. The van der Waals surface area contributed by atoms with Gasteiger partial charge in [0.1, 0.15) is 0 Å². The number of aliphatic hydroxyl groups is 1. The normalized spacial score (nSPS) is 10.1. The molecule has 2 N–H and O–H groups in total. The lowest BCUT2D eigenvalue weighted by molar-refractivity contribution is 0.0787. The van der Waals surface area contributed by atoms with E-state index in [1.54, 1.807) is 19.0 Å². The second kappa shape index (κ2) is 6.80. The number of anilines is 1. The fourth-order valence-electron chi connectivity index (χ4n) is 1.52. The van der Waals surface area contributed by atoms with Crippen molar-refractivity contribution in [1.29, 1.82) is 0 Å². The van der Waals surface area contributed by atoms with Gasteiger partial charge in [0.25, 0.3) is 5.91 Å². The molecule has 0 atom stereocenters. The van der Waals surface area contributed by atoms with Crippen molar-refractivity contribution in [2.45, 2.75) is 6.42 Å². The van der Waals surface area contributed by atoms with E-state index in [2.05, 4.69) is 27.9 Å². The summed E-state index contributed by atoms with van der Waals surface area (Å²) in [6.07, 6.45) is 0.599. The molecule has 0 aliphatic carbocycles. The van der Waals surface area contributed by atoms with Gasteiger partial charge in [0.05, 0.1) is 5.56 Å². The lowest BCUT2D eigenvalue weighted by atomic mass is 10.1. The molecule has 0 aliphatic rings. The molecule has 0 aliphatic heterocycles. The maximum atomic E-state index is 12.1. The van der Waals surface area contributed by atoms with Crippen molar-refractivity contribution >= 4 is 34.2 Å². The first-order valence-corrected chi connectivity index (χ1v) is 6.51. The fraction of sp³-hybridized carbons (Fsp3) is 0.417. The van der Waals surface area contributed by atoms with E-state index in [0.29, 0.717) is 18.5 Å². The summed E-state index contributed by atoms with van der Waals surface area (Å²) in [5, 5.41) is 11.8. The van der Waals surface area contributed by atoms with E-state index in [1.807, 2.05) is 18.2 Å². The molecule has 0 aromatic heterocycles. The number of carbonyl (C=O) groups is 1. The lowest BCUT2D eigenvalue weighted by Crippen LogP contribution is -2.28. The molecule has 0 spiro atoms. The van der Waals surface area contributed by atoms with Gasteiger partial charge in [0.15, 0.2) is 0 Å². The molecular formula is C12H17IN2O2. The summed E-state index contributed by atoms with van der Waals surface area (Å²) in [5.74, 6) is -0.0285. The Hall–Kier alpha value is -0.820. The number of carbonyl (C=O) groups excluding carboxylic acids is 1. The van der Waals surface area contributed by atoms with Gasteiger partial charge in [-0.3, -0.25) is 4.79 Å². The van der Waals surface area contributed by atoms with Gasteiger partial charge in [-0.15, -0.1) is 0 Å². The van der Waals surface area contributed by atoms with Gasteiger partial charge in [-0.25, -0.2) is 0 Å². The van der Waals surface area contributed by atoms with Crippen LogP contribution in [0.5, 0.6) is 0 Å². The molecule has 17 heavy (non-hydrogen) atoms. The number of nitrogens with zero attached hydrogens (tertiary/aromatic N) is 1. The number of rotatable bonds is 5. The van der Waals surface area contributed by atoms with E-state index in [1.165, 1.54) is 0 Å². The van der Waals surface area contributed by atoms with E-state index in [-0.39, 0.29) is 12.5 Å². The predicted molar refractivity (Wildman–Crippen MR) is 77.4 cm³/mol. The first kappa shape index (κ1) is 14.2. The molecule has 1 aromatic carbocycles. The van der Waals surface area contributed by atoms with E-state index < -0.39 is 0 Å². The highest BCUT2D eigenvalue weighted by Gasteiger charge is 2.15. The van der Waals surface area contributed by atoms with Crippen LogP contribution in [0.1, 0.15) is 16.8 Å². The van der Waals surface area contributed by atoms with Crippen molar-refractivity contribution in [2.24, 2.45) is 0 Å². The average molecular weight is 348 g/mol. The third-order valence-electron chi connectivity index (χ3n) is 2.48. The van der Waals surface area contributed by atoms with Crippen molar-refractivity contribution in [1.82, 2.24) is 4.90 Å². The number of benzene rings is 1. The highest BCUT2D eigenvalue weighted by atomic mass is 127. The number of aliphatic hydroxyl groups excluding tert-OH is 1. The minimum atomic E-state index is -0.0285. The molecule has 0 unspecified atom stereocenters. The van der Waals surface area contributed by atoms with Gasteiger partial charge in [0.2, 0.25) is 0 Å². The molecule has 4 nitrogen and oxygen atoms in total. The molecular weight excluding hydrogens is 331 g/mol. The first-order valence-electron chi connectivity index (χ1n) is 5.43. The Kier molecular flexibility index (Phi) is 5.70. The third-order valence-corrected chi connectivity index (χ3v) is 3.15. The molecule has 94 valence electrons. The van der Waals surface area contributed by atoms with Crippen molar-refractivity contribution in [2.75, 3.05) is 32.6 Å². The van der Waals surface area contributed by atoms with Gasteiger partial charge >= 0.3 is 0 Å². The second-order valence-corrected chi connectivity index (χ2v) is 4.99. The Labute approximate surface area is 115 Å². The second-order valence-electron chi connectivity index (χ2n) is 3.74. The molecule has 0 saturated heterocycles. The van der Waals surface area contributed by atoms with Crippen LogP contribution in [0.3, 0.4) is 0 Å². The number of nitrogens with one attached hydrogen (secondary N) is 1. The average Bonchev–Trinajstić information content (AvgIpc) is 2.34. The smallest absolute Gasteiger partial charge is 0.255 e. The standard InChI is InChI=1S/C12H17IN2O2/c1-14-11-8-9(13)4-5-10(11)12(17)15(2)6-3-7-16/h4-5,8,14,16H,3,6-7H2,1-2H3. The topological polar surface area (TPSA) is 52.6 Å². The van der Waals surface area contributed by atoms with Gasteiger partial charge in [-0.05, 0) is 47.2 Å². The molecule has 1 aromatic rings. The van der Waals surface area contributed by atoms with Crippen LogP contribution in [-0.2, 0) is 0 Å². The van der Waals surface area contributed by atoms with Crippen LogP contribution < -0.4 is 5.32 Å². The maximum absolute atomic E-state index is 12.1. The summed E-state index contributed by atoms with van der Waals surface area (Å²) >= 11 is 2.21. The number of halogens is 1. The summed E-state index contributed by atoms with van der Waals surface area (Å²) < 4.78 is 1.08. The van der Waals surface area contributed by atoms with Crippen molar-refractivity contribution < 1.29 is 9.90 Å². The highest BCUT2D eigenvalue weighted by molar-refractivity contribution is 14.1. The van der Waals surface area contributed by atoms with Gasteiger partial charge < -0.3 is 15.3 Å². The number of hydrogen-bond acceptors (Lipinski definition) is 3. The first-order chi connectivity index (χ1) is 8.10. The fourth-order valence-corrected chi connectivity index (χ4v) is 2.02. The Bertz CT molecular complexity index is 396. The summed E-state index contributed by atoms with van der Waals surface area (Å²) in [6, 6.07) is 5.67. The van der Waals surface area contributed by atoms with Crippen molar-refractivity contribution in [3.63, 3.8) is 0 Å². The monoisotopic (exact) mass is 348 g/mol. The lowest BCUT2D eigenvalue weighted by Gasteiger charge is -2.18. The van der Waals surface area contributed by atoms with Crippen LogP contribution >= 0.6 is 22.6 Å². The SMILES string of the molecule is CNc1cc(I)ccc1C(=O)N(C)CCCO. The Morgan fingerprint density at radius 1 is 1.53 bits per heavy atom. The van der Waals surface area contributed by atoms with Gasteiger partial charge in [-0.1, -0.05) is 0 Å². The predicted octanol–water partition coefficient (Wildman–Crippen LogP) is 1.79. The molecule has 0 radical (unpaired) electrons. The van der Waals surface area contributed by atoms with Crippen LogP contribution in [0.25, 0.3) is 0 Å². The quantitative estimate of drug-likeness (QED) is 0.798. The maximum Gasteiger partial charge on any atom is 0.255 e. The van der Waals surface area contributed by atoms with Crippen LogP contribution in [0.4, 0.5) is 5.69 Å². The third kappa shape index (κ3) is 3.85. The molecule has 1 amide bonds. The molecule has 0 bridgehead atoms. The van der Waals surface area contributed by atoms with Crippen LogP contribution in [0.2, 0.25) is 0 Å². The van der Waals surface area contributed by atoms with Crippen LogP contribution in [0.15, 0.2) is 18.2 Å². The minimum Gasteiger partial charge on any atom is -0.396 e. The zero-order chi connectivity index (χ0) is 12.8. The largest absolute Gasteiger partial charge is 0.396 e. The van der Waals surface area contributed by atoms with Crippen molar-refractivity contribution in [3.05, 3.63) is 27.3 Å². The molecule has 0 heterocycles. The molecule has 1 rings (SSSR count). The van der Waals surface area contributed by atoms with Gasteiger partial charge in [0, 0.05) is 36.5 Å². The van der Waals surface area contributed by atoms with E-state index >= 15 is 0 Å². The number of amides is 1. The zero-order valence-electron chi connectivity index (χ0n) is 10.0. The summed E-state index contributed by atoms with van der Waals surface area (Å²) in [4.78, 5) is 13.8. The molecule has 5 heteroatoms. The summed E-state index contributed by atoms with van der Waals surface area (Å²) in [5.41, 5.74) is 1.49. The molecule has 0 fully saturated rings. The van der Waals surface area contributed by atoms with E-state index in [9.17, 15) is 4.79 Å². The highest BCUT2D eigenvalue weighted by Crippen LogP contribution is 2.20. The van der Waals surface area contributed by atoms with E-state index in [0.717, 1.165) is 9.26 Å². The van der Waals surface area contributed by atoms with Gasteiger partial charge in [-0.2, -0.15) is 0 Å². The Balaban J connectivity index is 2.87. The van der Waals surface area contributed by atoms with Crippen molar-refractivity contribution in [3.8, 4) is 0 Å². The zero-order valence-corrected chi connectivity index (χ0v) is 12.2. The molecule has 0 saturated carbocycles. The Morgan fingerprint density at radius 3 is 2.82 bits per heavy atom. The van der Waals surface area contributed by atoms with Crippen LogP contribution in [0, 0.1) is 3.57 Å².